The Balaban J connectivity index is 0.00000208. The Morgan fingerprint density at radius 3 is 2.42 bits per heavy atom. The van der Waals surface area contributed by atoms with E-state index in [0.717, 1.165) is 16.1 Å². The van der Waals surface area contributed by atoms with Crippen LogP contribution in [0.5, 0.6) is 0 Å². The molecule has 4 nitrogen and oxygen atoms in total. The smallest absolute Gasteiger partial charge is 0.308 e. The van der Waals surface area contributed by atoms with E-state index in [1.54, 1.807) is 12.1 Å². The van der Waals surface area contributed by atoms with E-state index in [9.17, 15) is 4.79 Å². The quantitative estimate of drug-likeness (QED) is 0.573. The number of carboxylic acids is 1. The van der Waals surface area contributed by atoms with E-state index in [2.05, 4.69) is 10.3 Å². The van der Waals surface area contributed by atoms with Crippen molar-refractivity contribution in [1.29, 1.82) is 0 Å². The zero-order valence-corrected chi connectivity index (χ0v) is 15.7. The standard InChI is InChI=1S/C17H13ClN2O2S.BrH/c18-12-6-8-13(9-7-12)19-17-20-16(11-4-2-1-3-5-11)14(23-17)10-15(21)22;/h1-9H,10H2,(H,19,20)(H,21,22);1H. The number of hydrogen-bond acceptors (Lipinski definition) is 4. The van der Waals surface area contributed by atoms with E-state index in [0.29, 0.717) is 15.8 Å². The summed E-state index contributed by atoms with van der Waals surface area (Å²) in [6, 6.07) is 16.8. The van der Waals surface area contributed by atoms with Gasteiger partial charge in [0.25, 0.3) is 0 Å². The molecule has 2 N–H and O–H groups in total. The van der Waals surface area contributed by atoms with E-state index in [1.165, 1.54) is 11.3 Å². The third kappa shape index (κ3) is 4.56. The summed E-state index contributed by atoms with van der Waals surface area (Å²) in [5.41, 5.74) is 2.46. The van der Waals surface area contributed by atoms with Crippen LogP contribution in [0.3, 0.4) is 0 Å². The zero-order valence-electron chi connectivity index (χ0n) is 12.4. The Hall–Kier alpha value is -1.89. The van der Waals surface area contributed by atoms with E-state index in [1.807, 2.05) is 42.5 Å². The van der Waals surface area contributed by atoms with Crippen molar-refractivity contribution in [3.05, 3.63) is 64.5 Å². The highest BCUT2D eigenvalue weighted by atomic mass is 79.9. The van der Waals surface area contributed by atoms with Crippen molar-refractivity contribution in [2.24, 2.45) is 0 Å². The van der Waals surface area contributed by atoms with Gasteiger partial charge in [0, 0.05) is 21.2 Å². The number of anilines is 2. The maximum atomic E-state index is 11.1. The predicted octanol–water partition coefficient (Wildman–Crippen LogP) is 5.41. The van der Waals surface area contributed by atoms with E-state index in [-0.39, 0.29) is 23.4 Å². The average Bonchev–Trinajstić information content (AvgIpc) is 2.92. The molecule has 0 amide bonds. The summed E-state index contributed by atoms with van der Waals surface area (Å²) in [6.45, 7) is 0. The van der Waals surface area contributed by atoms with Gasteiger partial charge in [0.2, 0.25) is 0 Å². The first kappa shape index (κ1) is 18.4. The molecule has 7 heteroatoms. The summed E-state index contributed by atoms with van der Waals surface area (Å²) in [7, 11) is 0. The van der Waals surface area contributed by atoms with Gasteiger partial charge in [0.1, 0.15) is 0 Å². The summed E-state index contributed by atoms with van der Waals surface area (Å²) < 4.78 is 0. The van der Waals surface area contributed by atoms with Crippen molar-refractivity contribution in [3.63, 3.8) is 0 Å². The Kier molecular flexibility index (Phi) is 6.36. The van der Waals surface area contributed by atoms with Crippen molar-refractivity contribution in [2.75, 3.05) is 5.32 Å². The number of nitrogens with zero attached hydrogens (tertiary/aromatic N) is 1. The van der Waals surface area contributed by atoms with Crippen molar-refractivity contribution < 1.29 is 9.90 Å². The highest BCUT2D eigenvalue weighted by molar-refractivity contribution is 8.93. The Bertz CT molecular complexity index is 822. The van der Waals surface area contributed by atoms with Crippen molar-refractivity contribution in [3.8, 4) is 11.3 Å². The Morgan fingerprint density at radius 1 is 1.12 bits per heavy atom. The molecule has 0 aliphatic rings. The van der Waals surface area contributed by atoms with Crippen LogP contribution in [-0.2, 0) is 11.2 Å². The molecule has 0 atom stereocenters. The molecule has 0 aliphatic heterocycles. The van der Waals surface area contributed by atoms with Crippen LogP contribution in [0.1, 0.15) is 4.88 Å². The molecule has 24 heavy (non-hydrogen) atoms. The second-order valence-electron chi connectivity index (χ2n) is 4.86. The van der Waals surface area contributed by atoms with Gasteiger partial charge in [-0.2, -0.15) is 0 Å². The number of benzene rings is 2. The summed E-state index contributed by atoms with van der Waals surface area (Å²) >= 11 is 7.22. The number of thiazole rings is 1. The minimum atomic E-state index is -0.871. The second-order valence-corrected chi connectivity index (χ2v) is 6.38. The van der Waals surface area contributed by atoms with Crippen LogP contribution in [-0.4, -0.2) is 16.1 Å². The monoisotopic (exact) mass is 424 g/mol. The lowest BCUT2D eigenvalue weighted by molar-refractivity contribution is -0.136. The maximum absolute atomic E-state index is 11.1. The molecule has 0 spiro atoms. The summed E-state index contributed by atoms with van der Waals surface area (Å²) in [5, 5.41) is 13.6. The number of halogens is 2. The molecule has 0 saturated heterocycles. The predicted molar refractivity (Wildman–Crippen MR) is 104 cm³/mol. The fourth-order valence-electron chi connectivity index (χ4n) is 2.14. The molecule has 0 unspecified atom stereocenters. The minimum Gasteiger partial charge on any atom is -0.481 e. The summed E-state index contributed by atoms with van der Waals surface area (Å²) in [5.74, 6) is -0.871. The molecular formula is C17H14BrClN2O2S. The SMILES string of the molecule is Br.O=C(O)Cc1sc(Nc2ccc(Cl)cc2)nc1-c1ccccc1. The van der Waals surface area contributed by atoms with Crippen LogP contribution < -0.4 is 5.32 Å². The van der Waals surface area contributed by atoms with Crippen molar-refractivity contribution in [1.82, 2.24) is 4.98 Å². The second kappa shape index (κ2) is 8.28. The number of aromatic nitrogens is 1. The van der Waals surface area contributed by atoms with Gasteiger partial charge in [-0.15, -0.1) is 28.3 Å². The number of carbonyl (C=O) groups is 1. The molecule has 3 rings (SSSR count). The first-order valence-electron chi connectivity index (χ1n) is 6.91. The lowest BCUT2D eigenvalue weighted by Crippen LogP contribution is -1.99. The highest BCUT2D eigenvalue weighted by Gasteiger charge is 2.15. The molecule has 1 aromatic heterocycles. The van der Waals surface area contributed by atoms with Crippen LogP contribution in [0.2, 0.25) is 5.02 Å². The van der Waals surface area contributed by atoms with Crippen LogP contribution in [0.15, 0.2) is 54.6 Å². The molecule has 124 valence electrons. The number of nitrogens with one attached hydrogen (secondary N) is 1. The van der Waals surface area contributed by atoms with Gasteiger partial charge < -0.3 is 10.4 Å². The normalized spacial score (nSPS) is 10.0. The van der Waals surface area contributed by atoms with Gasteiger partial charge >= 0.3 is 5.97 Å². The number of hydrogen-bond donors (Lipinski definition) is 2. The molecule has 2 aromatic carbocycles. The van der Waals surface area contributed by atoms with Gasteiger partial charge in [0.15, 0.2) is 5.13 Å². The van der Waals surface area contributed by atoms with Gasteiger partial charge in [-0.05, 0) is 24.3 Å². The summed E-state index contributed by atoms with van der Waals surface area (Å²) in [6.07, 6.45) is -0.0514. The zero-order chi connectivity index (χ0) is 16.2. The molecule has 0 bridgehead atoms. The topological polar surface area (TPSA) is 62.2 Å². The first-order chi connectivity index (χ1) is 11.1. The number of carboxylic acid groups (broad SMARTS) is 1. The number of aliphatic carboxylic acids is 1. The largest absolute Gasteiger partial charge is 0.481 e. The molecule has 0 saturated carbocycles. The van der Waals surface area contributed by atoms with Crippen LogP contribution >= 0.6 is 39.9 Å². The van der Waals surface area contributed by atoms with Gasteiger partial charge in [-0.1, -0.05) is 41.9 Å². The van der Waals surface area contributed by atoms with Crippen LogP contribution in [0.4, 0.5) is 10.8 Å². The van der Waals surface area contributed by atoms with Crippen molar-refractivity contribution >= 4 is 56.7 Å². The average molecular weight is 426 g/mol. The lowest BCUT2D eigenvalue weighted by Gasteiger charge is -2.01. The Morgan fingerprint density at radius 2 is 1.79 bits per heavy atom. The first-order valence-corrected chi connectivity index (χ1v) is 8.11. The molecule has 1 heterocycles. The third-order valence-corrected chi connectivity index (χ3v) is 4.37. The molecule has 3 aromatic rings. The maximum Gasteiger partial charge on any atom is 0.308 e. The van der Waals surface area contributed by atoms with Crippen LogP contribution in [0.25, 0.3) is 11.3 Å². The third-order valence-electron chi connectivity index (χ3n) is 3.15. The van der Waals surface area contributed by atoms with E-state index < -0.39 is 5.97 Å². The molecule has 0 aliphatic carbocycles. The van der Waals surface area contributed by atoms with Crippen molar-refractivity contribution in [2.45, 2.75) is 6.42 Å². The van der Waals surface area contributed by atoms with E-state index in [4.69, 9.17) is 16.7 Å². The van der Waals surface area contributed by atoms with Gasteiger partial charge in [-0.3, -0.25) is 4.79 Å². The molecule has 0 fully saturated rings. The fourth-order valence-corrected chi connectivity index (χ4v) is 3.26. The molecule has 0 radical (unpaired) electrons. The number of rotatable bonds is 5. The Labute approximate surface area is 158 Å². The highest BCUT2D eigenvalue weighted by Crippen LogP contribution is 2.33. The minimum absolute atomic E-state index is 0. The molecular weight excluding hydrogens is 412 g/mol. The van der Waals surface area contributed by atoms with E-state index >= 15 is 0 Å². The van der Waals surface area contributed by atoms with Crippen LogP contribution in [0, 0.1) is 0 Å². The fraction of sp³-hybridized carbons (Fsp3) is 0.0588. The van der Waals surface area contributed by atoms with Gasteiger partial charge in [-0.25, -0.2) is 4.98 Å². The lowest BCUT2D eigenvalue weighted by atomic mass is 10.1. The summed E-state index contributed by atoms with van der Waals surface area (Å²) in [4.78, 5) is 16.4. The van der Waals surface area contributed by atoms with Gasteiger partial charge in [0.05, 0.1) is 12.1 Å².